The quantitative estimate of drug-likeness (QED) is 0.102. The van der Waals surface area contributed by atoms with Crippen LogP contribution in [0.5, 0.6) is 0 Å². The molecule has 3 unspecified atom stereocenters. The summed E-state index contributed by atoms with van der Waals surface area (Å²) in [6.07, 6.45) is 10.8. The number of anilines is 10. The summed E-state index contributed by atoms with van der Waals surface area (Å²) in [6, 6.07) is 134. The van der Waals surface area contributed by atoms with E-state index in [0.29, 0.717) is 0 Å². The highest BCUT2D eigenvalue weighted by atomic mass is 15.2. The summed E-state index contributed by atoms with van der Waals surface area (Å²) in [5, 5.41) is 2.52. The number of rotatable bonds is 15. The van der Waals surface area contributed by atoms with E-state index in [-0.39, 0.29) is 11.8 Å². The highest BCUT2D eigenvalue weighted by Crippen LogP contribution is 2.65. The second-order valence-electron chi connectivity index (χ2n) is 27.1. The lowest BCUT2D eigenvalue weighted by Gasteiger charge is -2.40. The van der Waals surface area contributed by atoms with Crippen molar-refractivity contribution >= 4 is 84.3 Å². The summed E-state index contributed by atoms with van der Waals surface area (Å²) in [5.41, 5.74) is 30.1. The number of fused-ring (bicyclic) bond motifs is 11. The standard InChI is InChI=1S/C97H71N5/c1-67-94(101(84-42-25-32-72(64-84)69-29-10-3-11-30-69)82-60-58-80(59-61-82)99(76-37-16-6-17-38-76)77-39-18-7-19-40-77)66-91-95(67)87-62-51-73(65-90(87)97(91)88-45-21-23-48-93(88)102-92-47-22-20-43-85(92)86-44-26-46-89(97)96(86)102)70-49-52-78(53-50-70)100(83-41-24-31-71(63-83)68-27-8-2-9-28-68)81-56-54-79(55-57-81)98(74-33-12-4-13-34-74)75-35-14-5-15-36-75/h2-31,33-67,72H,32H2,1H3. The first-order chi connectivity index (χ1) is 50.5. The minimum absolute atomic E-state index is 0.0150. The summed E-state index contributed by atoms with van der Waals surface area (Å²) in [5.74, 6) is 0.192. The average molecular weight is 1310 g/mol. The molecule has 0 saturated heterocycles. The molecule has 5 nitrogen and oxygen atoms in total. The Morgan fingerprint density at radius 2 is 0.775 bits per heavy atom. The second kappa shape index (κ2) is 25.1. The summed E-state index contributed by atoms with van der Waals surface area (Å²) in [6.45, 7) is 2.46. The predicted octanol–water partition coefficient (Wildman–Crippen LogP) is 25.6. The van der Waals surface area contributed by atoms with E-state index in [0.717, 1.165) is 74.4 Å². The van der Waals surface area contributed by atoms with Gasteiger partial charge in [0.15, 0.2) is 0 Å². The minimum atomic E-state index is -0.703. The smallest absolute Gasteiger partial charge is 0.0752 e. The number of hydrogen-bond donors (Lipinski definition) is 0. The zero-order valence-corrected chi connectivity index (χ0v) is 56.5. The Morgan fingerprint density at radius 3 is 1.38 bits per heavy atom. The summed E-state index contributed by atoms with van der Waals surface area (Å²) in [7, 11) is 0. The van der Waals surface area contributed by atoms with Gasteiger partial charge in [-0.1, -0.05) is 244 Å². The highest BCUT2D eigenvalue weighted by molar-refractivity contribution is 6.13. The molecular weight excluding hydrogens is 1240 g/mol. The number of hydrogen-bond acceptors (Lipinski definition) is 4. The average Bonchev–Trinajstić information content (AvgIpc) is 1.48. The maximum atomic E-state index is 2.62. The molecule has 1 spiro atoms. The van der Waals surface area contributed by atoms with Crippen LogP contribution >= 0.6 is 0 Å². The molecule has 102 heavy (non-hydrogen) atoms. The van der Waals surface area contributed by atoms with Gasteiger partial charge in [0.25, 0.3) is 0 Å². The van der Waals surface area contributed by atoms with Crippen LogP contribution < -0.4 is 19.6 Å². The van der Waals surface area contributed by atoms with Gasteiger partial charge >= 0.3 is 0 Å². The number of nitrogens with zero attached hydrogens (tertiary/aromatic N) is 5. The second-order valence-corrected chi connectivity index (χ2v) is 27.1. The molecule has 0 N–H and O–H groups in total. The highest BCUT2D eigenvalue weighted by Gasteiger charge is 2.55. The molecule has 1 aliphatic heterocycles. The van der Waals surface area contributed by atoms with Crippen LogP contribution in [0.15, 0.2) is 405 Å². The minimum Gasteiger partial charge on any atom is -0.314 e. The van der Waals surface area contributed by atoms with Gasteiger partial charge in [-0.05, 0) is 219 Å². The largest absolute Gasteiger partial charge is 0.314 e. The molecule has 0 bridgehead atoms. The van der Waals surface area contributed by atoms with E-state index < -0.39 is 5.41 Å². The van der Waals surface area contributed by atoms with Crippen LogP contribution in [0.4, 0.5) is 56.9 Å². The van der Waals surface area contributed by atoms with Crippen LogP contribution in [0.3, 0.4) is 0 Å². The van der Waals surface area contributed by atoms with Gasteiger partial charge in [-0.3, -0.25) is 0 Å². The van der Waals surface area contributed by atoms with Crippen LogP contribution in [0.1, 0.15) is 47.1 Å². The molecule has 19 rings (SSSR count). The lowest BCUT2D eigenvalue weighted by atomic mass is 9.64. The van der Waals surface area contributed by atoms with Crippen molar-refractivity contribution in [2.75, 3.05) is 19.6 Å². The first-order valence-electron chi connectivity index (χ1n) is 35.6. The Morgan fingerprint density at radius 1 is 0.343 bits per heavy atom. The van der Waals surface area contributed by atoms with Crippen molar-refractivity contribution in [2.45, 2.75) is 24.7 Å². The fraction of sp³-hybridized carbons (Fsp3) is 0.0515. The van der Waals surface area contributed by atoms with E-state index in [1.54, 1.807) is 0 Å². The molecular formula is C97H71N5. The van der Waals surface area contributed by atoms with Crippen LogP contribution in [0, 0.1) is 5.92 Å². The molecule has 0 saturated carbocycles. The molecule has 0 radical (unpaired) electrons. The molecule has 3 atom stereocenters. The van der Waals surface area contributed by atoms with Gasteiger partial charge in [-0.15, -0.1) is 0 Å². The Labute approximate surface area is 596 Å². The third-order valence-corrected chi connectivity index (χ3v) is 21.5. The summed E-state index contributed by atoms with van der Waals surface area (Å²) in [4.78, 5) is 9.66. The maximum absolute atomic E-state index is 2.62. The molecule has 1 aromatic heterocycles. The molecule has 4 aliphatic rings. The SMILES string of the molecule is CC1C(N(C2=CC(c3ccccc3)CC=C2)c2ccc(N(c3ccccc3)c3ccccc3)cc2)=CC2=C1c1ccc(-c3ccc(N(c4ccc(N(c5ccccc5)c5ccccc5)cc4)c4cccc(-c5ccccc5)c4)cc3)cc1C21c2ccccc2-n2c3ccccc3c3cccc1c32. The number of benzene rings is 14. The van der Waals surface area contributed by atoms with Crippen LogP contribution in [0.25, 0.3) is 55.3 Å². The van der Waals surface area contributed by atoms with Crippen molar-refractivity contribution in [2.24, 2.45) is 5.92 Å². The van der Waals surface area contributed by atoms with E-state index in [4.69, 9.17) is 0 Å². The fourth-order valence-corrected chi connectivity index (χ4v) is 17.0. The molecule has 2 heterocycles. The Bertz CT molecular complexity index is 5700. The molecule has 15 aromatic rings. The van der Waals surface area contributed by atoms with Gasteiger partial charge < -0.3 is 24.2 Å². The van der Waals surface area contributed by atoms with Crippen LogP contribution in [-0.4, -0.2) is 4.57 Å². The van der Waals surface area contributed by atoms with Gasteiger partial charge in [0, 0.05) is 90.9 Å². The van der Waals surface area contributed by atoms with Crippen LogP contribution in [-0.2, 0) is 5.41 Å². The first kappa shape index (κ1) is 60.2. The van der Waals surface area contributed by atoms with Crippen LogP contribution in [0.2, 0.25) is 0 Å². The summed E-state index contributed by atoms with van der Waals surface area (Å²) < 4.78 is 2.56. The zero-order chi connectivity index (χ0) is 67.7. The maximum Gasteiger partial charge on any atom is 0.0752 e. The molecule has 3 aliphatic carbocycles. The van der Waals surface area contributed by atoms with E-state index in [2.05, 4.69) is 419 Å². The molecule has 14 aromatic carbocycles. The third kappa shape index (κ3) is 9.98. The monoisotopic (exact) mass is 1310 g/mol. The van der Waals surface area contributed by atoms with Gasteiger partial charge in [-0.25, -0.2) is 0 Å². The van der Waals surface area contributed by atoms with Gasteiger partial charge in [0.1, 0.15) is 0 Å². The van der Waals surface area contributed by atoms with E-state index >= 15 is 0 Å². The van der Waals surface area contributed by atoms with Crippen molar-refractivity contribution in [1.29, 1.82) is 0 Å². The van der Waals surface area contributed by atoms with Crippen molar-refractivity contribution in [1.82, 2.24) is 4.57 Å². The number of aromatic nitrogens is 1. The van der Waals surface area contributed by atoms with E-state index in [1.165, 1.54) is 89.0 Å². The molecule has 0 amide bonds. The van der Waals surface area contributed by atoms with E-state index in [9.17, 15) is 0 Å². The fourth-order valence-electron chi connectivity index (χ4n) is 17.0. The van der Waals surface area contributed by atoms with Crippen molar-refractivity contribution in [3.05, 3.63) is 433 Å². The lowest BCUT2D eigenvalue weighted by molar-refractivity contribution is 0.742. The topological polar surface area (TPSA) is 17.9 Å². The Kier molecular flexibility index (Phi) is 14.8. The van der Waals surface area contributed by atoms with Gasteiger partial charge in [-0.2, -0.15) is 0 Å². The van der Waals surface area contributed by atoms with Crippen molar-refractivity contribution < 1.29 is 0 Å². The summed E-state index contributed by atoms with van der Waals surface area (Å²) >= 11 is 0. The molecule has 484 valence electrons. The zero-order valence-electron chi connectivity index (χ0n) is 56.5. The van der Waals surface area contributed by atoms with Gasteiger partial charge in [0.2, 0.25) is 0 Å². The number of para-hydroxylation sites is 7. The third-order valence-electron chi connectivity index (χ3n) is 21.5. The Hall–Kier alpha value is -13.0. The molecule has 0 fully saturated rings. The Balaban J connectivity index is 0.765. The number of allylic oxidation sites excluding steroid dienone is 6. The predicted molar refractivity (Wildman–Crippen MR) is 426 cm³/mol. The first-order valence-corrected chi connectivity index (χ1v) is 35.6. The lowest BCUT2D eigenvalue weighted by Crippen LogP contribution is -2.34. The van der Waals surface area contributed by atoms with Crippen molar-refractivity contribution in [3.63, 3.8) is 0 Å². The molecule has 5 heteroatoms. The van der Waals surface area contributed by atoms with E-state index in [1.807, 2.05) is 0 Å². The normalized spacial score (nSPS) is 16.1. The van der Waals surface area contributed by atoms with Gasteiger partial charge in [0.05, 0.1) is 22.1 Å². The van der Waals surface area contributed by atoms with Crippen molar-refractivity contribution in [3.8, 4) is 27.9 Å².